The van der Waals surface area contributed by atoms with Crippen molar-refractivity contribution in [2.45, 2.75) is 6.42 Å². The van der Waals surface area contributed by atoms with Crippen LogP contribution in [0.3, 0.4) is 0 Å². The second-order valence-electron chi connectivity index (χ2n) is 7.33. The number of carbonyl (C=O) groups is 1. The molecule has 27 heavy (non-hydrogen) atoms. The number of nitrogens with zero attached hydrogens (tertiary/aromatic N) is 4. The van der Waals surface area contributed by atoms with Crippen LogP contribution in [0, 0.1) is 17.2 Å². The maximum absolute atomic E-state index is 12.4. The van der Waals surface area contributed by atoms with Crippen molar-refractivity contribution in [3.05, 3.63) is 60.2 Å². The SMILES string of the molecule is N#Cc1ccccc1N1CCN(CC2CC(=O)N(c3ccccc3)C2)CC1. The van der Waals surface area contributed by atoms with Gasteiger partial charge in [0.1, 0.15) is 6.07 Å². The Morgan fingerprint density at radius 1 is 0.963 bits per heavy atom. The average Bonchev–Trinajstić information content (AvgIpc) is 3.09. The number of hydrogen-bond donors (Lipinski definition) is 0. The summed E-state index contributed by atoms with van der Waals surface area (Å²) in [6.07, 6.45) is 0.631. The van der Waals surface area contributed by atoms with Gasteiger partial charge in [-0.05, 0) is 30.2 Å². The van der Waals surface area contributed by atoms with Crippen LogP contribution < -0.4 is 9.80 Å². The highest BCUT2D eigenvalue weighted by Gasteiger charge is 2.32. The number of hydrogen-bond acceptors (Lipinski definition) is 4. The van der Waals surface area contributed by atoms with Crippen LogP contribution in [0.1, 0.15) is 12.0 Å². The van der Waals surface area contributed by atoms with E-state index in [2.05, 4.69) is 15.9 Å². The summed E-state index contributed by atoms with van der Waals surface area (Å²) >= 11 is 0. The lowest BCUT2D eigenvalue weighted by Gasteiger charge is -2.37. The number of carbonyl (C=O) groups excluding carboxylic acids is 1. The first-order valence-electron chi connectivity index (χ1n) is 9.56. The molecular weight excluding hydrogens is 336 g/mol. The van der Waals surface area contributed by atoms with Gasteiger partial charge in [-0.25, -0.2) is 0 Å². The molecular formula is C22H24N4O. The average molecular weight is 360 g/mol. The van der Waals surface area contributed by atoms with Crippen LogP contribution in [0.4, 0.5) is 11.4 Å². The molecule has 0 saturated carbocycles. The smallest absolute Gasteiger partial charge is 0.227 e. The molecule has 2 aromatic rings. The van der Waals surface area contributed by atoms with E-state index in [0.717, 1.165) is 56.2 Å². The van der Waals surface area contributed by atoms with Crippen LogP contribution in [-0.2, 0) is 4.79 Å². The lowest BCUT2D eigenvalue weighted by Crippen LogP contribution is -2.48. The van der Waals surface area contributed by atoms with Crippen molar-refractivity contribution in [1.29, 1.82) is 5.26 Å². The van der Waals surface area contributed by atoms with Gasteiger partial charge >= 0.3 is 0 Å². The second-order valence-corrected chi connectivity index (χ2v) is 7.33. The van der Waals surface area contributed by atoms with Gasteiger partial charge < -0.3 is 9.80 Å². The number of amides is 1. The summed E-state index contributed by atoms with van der Waals surface area (Å²) in [6, 6.07) is 20.0. The summed E-state index contributed by atoms with van der Waals surface area (Å²) in [7, 11) is 0. The van der Waals surface area contributed by atoms with Crippen molar-refractivity contribution in [3.63, 3.8) is 0 Å². The van der Waals surface area contributed by atoms with E-state index >= 15 is 0 Å². The highest BCUT2D eigenvalue weighted by atomic mass is 16.2. The lowest BCUT2D eigenvalue weighted by molar-refractivity contribution is -0.117. The highest BCUT2D eigenvalue weighted by Crippen LogP contribution is 2.26. The first-order valence-corrected chi connectivity index (χ1v) is 9.56. The van der Waals surface area contributed by atoms with E-state index < -0.39 is 0 Å². The molecule has 0 bridgehead atoms. The fraction of sp³-hybridized carbons (Fsp3) is 0.364. The van der Waals surface area contributed by atoms with Gasteiger partial charge in [0.05, 0.1) is 11.3 Å². The Bertz CT molecular complexity index is 837. The molecule has 2 heterocycles. The van der Waals surface area contributed by atoms with E-state index in [-0.39, 0.29) is 5.91 Å². The third kappa shape index (κ3) is 3.81. The summed E-state index contributed by atoms with van der Waals surface area (Å²) in [5, 5.41) is 9.31. The van der Waals surface area contributed by atoms with Crippen molar-refractivity contribution in [3.8, 4) is 6.07 Å². The number of rotatable bonds is 4. The Kier molecular flexibility index (Phi) is 5.08. The molecule has 0 N–H and O–H groups in total. The molecule has 2 fully saturated rings. The summed E-state index contributed by atoms with van der Waals surface area (Å²) in [5.74, 6) is 0.614. The van der Waals surface area contributed by atoms with Crippen LogP contribution in [0.5, 0.6) is 0 Å². The van der Waals surface area contributed by atoms with E-state index in [1.165, 1.54) is 0 Å². The van der Waals surface area contributed by atoms with Gasteiger partial charge in [-0.1, -0.05) is 30.3 Å². The number of piperazine rings is 1. The van der Waals surface area contributed by atoms with Gasteiger partial charge in [0.2, 0.25) is 5.91 Å². The molecule has 2 aliphatic rings. The third-order valence-electron chi connectivity index (χ3n) is 5.53. The Morgan fingerprint density at radius 3 is 2.41 bits per heavy atom. The Hall–Kier alpha value is -2.84. The minimum absolute atomic E-state index is 0.229. The highest BCUT2D eigenvalue weighted by molar-refractivity contribution is 5.95. The zero-order valence-electron chi connectivity index (χ0n) is 15.4. The van der Waals surface area contributed by atoms with E-state index in [1.54, 1.807) is 0 Å². The number of anilines is 2. The van der Waals surface area contributed by atoms with E-state index in [0.29, 0.717) is 12.3 Å². The third-order valence-corrected chi connectivity index (χ3v) is 5.53. The summed E-state index contributed by atoms with van der Waals surface area (Å²) < 4.78 is 0. The van der Waals surface area contributed by atoms with Crippen LogP contribution >= 0.6 is 0 Å². The van der Waals surface area contributed by atoms with Crippen molar-refractivity contribution in [1.82, 2.24) is 4.90 Å². The van der Waals surface area contributed by atoms with Crippen LogP contribution in [0.2, 0.25) is 0 Å². The molecule has 0 aromatic heterocycles. The van der Waals surface area contributed by atoms with Gasteiger partial charge in [-0.15, -0.1) is 0 Å². The first kappa shape index (κ1) is 17.6. The summed E-state index contributed by atoms with van der Waals surface area (Å²) in [6.45, 7) is 5.54. The molecule has 4 rings (SSSR count). The molecule has 0 aliphatic carbocycles. The monoisotopic (exact) mass is 360 g/mol. The van der Waals surface area contributed by atoms with Gasteiger partial charge in [0, 0.05) is 51.4 Å². The van der Waals surface area contributed by atoms with Crippen LogP contribution in [0.25, 0.3) is 0 Å². The predicted octanol–water partition coefficient (Wildman–Crippen LogP) is 2.73. The summed E-state index contributed by atoms with van der Waals surface area (Å²) in [4.78, 5) is 19.1. The molecule has 2 aliphatic heterocycles. The Balaban J connectivity index is 1.32. The first-order chi connectivity index (χ1) is 13.2. The van der Waals surface area contributed by atoms with Crippen LogP contribution in [-0.4, -0.2) is 50.1 Å². The Morgan fingerprint density at radius 2 is 1.67 bits per heavy atom. The Labute approximate surface area is 160 Å². The van der Waals surface area contributed by atoms with E-state index in [9.17, 15) is 10.1 Å². The fourth-order valence-corrected chi connectivity index (χ4v) is 4.14. The topological polar surface area (TPSA) is 50.6 Å². The molecule has 5 nitrogen and oxygen atoms in total. The quantitative estimate of drug-likeness (QED) is 0.841. The molecule has 0 spiro atoms. The van der Waals surface area contributed by atoms with Gasteiger partial charge in [-0.2, -0.15) is 5.26 Å². The predicted molar refractivity (Wildman–Crippen MR) is 107 cm³/mol. The number of para-hydroxylation sites is 2. The standard InChI is InChI=1S/C22H24N4O/c23-15-19-6-4-5-9-21(19)25-12-10-24(11-13-25)16-18-14-22(27)26(17-18)20-7-2-1-3-8-20/h1-9,18H,10-14,16-17H2. The molecule has 2 aromatic carbocycles. The van der Waals surface area contributed by atoms with Crippen molar-refractivity contribution < 1.29 is 4.79 Å². The maximum Gasteiger partial charge on any atom is 0.227 e. The van der Waals surface area contributed by atoms with Crippen molar-refractivity contribution >= 4 is 17.3 Å². The number of benzene rings is 2. The van der Waals surface area contributed by atoms with Crippen molar-refractivity contribution in [2.75, 3.05) is 49.1 Å². The molecule has 1 amide bonds. The zero-order chi connectivity index (χ0) is 18.6. The largest absolute Gasteiger partial charge is 0.368 e. The van der Waals surface area contributed by atoms with E-state index in [1.807, 2.05) is 59.5 Å². The van der Waals surface area contributed by atoms with Gasteiger partial charge in [0.15, 0.2) is 0 Å². The molecule has 1 atom stereocenters. The zero-order valence-corrected chi connectivity index (χ0v) is 15.4. The lowest BCUT2D eigenvalue weighted by atomic mass is 10.1. The minimum Gasteiger partial charge on any atom is -0.368 e. The minimum atomic E-state index is 0.229. The molecule has 138 valence electrons. The molecule has 0 radical (unpaired) electrons. The van der Waals surface area contributed by atoms with E-state index in [4.69, 9.17) is 0 Å². The van der Waals surface area contributed by atoms with Crippen molar-refractivity contribution in [2.24, 2.45) is 5.92 Å². The van der Waals surface area contributed by atoms with Gasteiger partial charge in [-0.3, -0.25) is 9.69 Å². The number of nitriles is 1. The second kappa shape index (κ2) is 7.81. The summed E-state index contributed by atoms with van der Waals surface area (Å²) in [5.41, 5.74) is 2.78. The van der Waals surface area contributed by atoms with Crippen LogP contribution in [0.15, 0.2) is 54.6 Å². The normalized spacial score (nSPS) is 20.7. The molecule has 1 unspecified atom stereocenters. The van der Waals surface area contributed by atoms with Gasteiger partial charge in [0.25, 0.3) is 0 Å². The fourth-order valence-electron chi connectivity index (χ4n) is 4.14. The molecule has 5 heteroatoms. The molecule has 2 saturated heterocycles. The maximum atomic E-state index is 12.4.